The number of fused-ring (bicyclic) bond motifs is 2. The molecule has 0 bridgehead atoms. The zero-order chi connectivity index (χ0) is 30.0. The van der Waals surface area contributed by atoms with Gasteiger partial charge in [-0.15, -0.1) is 0 Å². The number of benzene rings is 3. The van der Waals surface area contributed by atoms with Gasteiger partial charge in [0.15, 0.2) is 0 Å². The molecule has 1 aliphatic rings. The smallest absolute Gasteiger partial charge is 0.138 e. The van der Waals surface area contributed by atoms with Crippen LogP contribution in [0.2, 0.25) is 0 Å². The number of halogens is 1. The molecule has 1 saturated heterocycles. The zero-order valence-corrected chi connectivity index (χ0v) is 24.9. The summed E-state index contributed by atoms with van der Waals surface area (Å²) in [6.45, 7) is 3.17. The fourth-order valence-electron chi connectivity index (χ4n) is 5.83. The summed E-state index contributed by atoms with van der Waals surface area (Å²) in [5, 5.41) is 13.2. The summed E-state index contributed by atoms with van der Waals surface area (Å²) in [4.78, 5) is 10.0. The van der Waals surface area contributed by atoms with E-state index in [-0.39, 0.29) is 11.9 Å². The average molecular weight is 591 g/mol. The van der Waals surface area contributed by atoms with E-state index in [0.29, 0.717) is 12.4 Å². The molecule has 0 unspecified atom stereocenters. The Bertz CT molecular complexity index is 1920. The molecule has 3 aromatic carbocycles. The molecular weight excluding hydrogens is 555 g/mol. The monoisotopic (exact) mass is 590 g/mol. The molecule has 0 aliphatic carbocycles. The molecule has 8 nitrogen and oxygen atoms in total. The van der Waals surface area contributed by atoms with Gasteiger partial charge >= 0.3 is 0 Å². The Hall–Kier alpha value is -4.73. The van der Waals surface area contributed by atoms with Crippen LogP contribution in [0.5, 0.6) is 11.5 Å². The molecule has 0 atom stereocenters. The van der Waals surface area contributed by atoms with Gasteiger partial charge in [-0.25, -0.2) is 4.39 Å². The van der Waals surface area contributed by atoms with E-state index in [9.17, 15) is 4.39 Å². The van der Waals surface area contributed by atoms with Crippen LogP contribution in [0.1, 0.15) is 12.8 Å². The highest BCUT2D eigenvalue weighted by atomic mass is 19.1. The molecule has 224 valence electrons. The van der Waals surface area contributed by atoms with E-state index in [2.05, 4.69) is 49.7 Å². The number of nitrogens with one attached hydrogen (secondary N) is 3. The van der Waals surface area contributed by atoms with Gasteiger partial charge in [-0.1, -0.05) is 18.2 Å². The molecule has 1 fully saturated rings. The Morgan fingerprint density at radius 2 is 1.73 bits per heavy atom. The van der Waals surface area contributed by atoms with Crippen molar-refractivity contribution < 1.29 is 13.9 Å². The minimum absolute atomic E-state index is 0.206. The maximum absolute atomic E-state index is 14.7. The number of likely N-dealkylation sites (N-methyl/N-ethyl adjacent to an activating group) is 1. The van der Waals surface area contributed by atoms with Crippen molar-refractivity contribution in [2.45, 2.75) is 18.9 Å². The molecule has 0 saturated carbocycles. The topological polar surface area (TPSA) is 91.1 Å². The molecule has 0 spiro atoms. The second kappa shape index (κ2) is 12.1. The fraction of sp³-hybridized carbons (Fsp3) is 0.257. The zero-order valence-electron chi connectivity index (χ0n) is 24.9. The number of H-pyrrole nitrogens is 2. The number of ether oxygens (including phenoxy) is 2. The molecule has 4 heterocycles. The lowest BCUT2D eigenvalue weighted by molar-refractivity contribution is 0.162. The van der Waals surface area contributed by atoms with Crippen molar-refractivity contribution in [3.8, 4) is 45.1 Å². The van der Waals surface area contributed by atoms with E-state index in [1.807, 2.05) is 55.5 Å². The minimum Gasteiger partial charge on any atom is -0.492 e. The predicted molar refractivity (Wildman–Crippen MR) is 173 cm³/mol. The average Bonchev–Trinajstić information content (AvgIpc) is 3.65. The maximum atomic E-state index is 14.7. The SMILES string of the molecule is CN(C)CCOc1cc(F)cc(-c2cccc3[nH]c(-c4n[nH]c5ccc(-c6cncc(OC7CCNCC7)c6)cc45)cc23)c1. The summed E-state index contributed by atoms with van der Waals surface area (Å²) < 4.78 is 26.8. The summed E-state index contributed by atoms with van der Waals surface area (Å²) in [7, 11) is 3.96. The first kappa shape index (κ1) is 28.1. The van der Waals surface area contributed by atoms with Gasteiger partial charge in [0.2, 0.25) is 0 Å². The van der Waals surface area contributed by atoms with Gasteiger partial charge in [-0.3, -0.25) is 10.1 Å². The Kier molecular flexibility index (Phi) is 7.72. The predicted octanol–water partition coefficient (Wildman–Crippen LogP) is 6.65. The molecule has 1 aliphatic heterocycles. The van der Waals surface area contributed by atoms with Gasteiger partial charge < -0.3 is 24.7 Å². The quantitative estimate of drug-likeness (QED) is 0.175. The van der Waals surface area contributed by atoms with E-state index in [4.69, 9.17) is 9.47 Å². The number of hydrogen-bond donors (Lipinski definition) is 3. The standard InChI is InChI=1S/C35H35FN6O2/c1-42(2)12-13-43-27-15-23(14-25(36)18-27)29-4-3-5-32-30(29)19-34(39-32)35-31-17-22(6-7-33(31)40-41-35)24-16-28(21-38-20-24)44-26-8-10-37-11-9-26/h3-7,14-21,26,37,39H,8-13H2,1-2H3,(H,40,41). The molecule has 0 amide bonds. The van der Waals surface area contributed by atoms with Crippen LogP contribution in [0.3, 0.4) is 0 Å². The van der Waals surface area contributed by atoms with Gasteiger partial charge in [-0.2, -0.15) is 5.10 Å². The molecule has 3 N–H and O–H groups in total. The normalized spacial score (nSPS) is 14.1. The number of pyridine rings is 1. The lowest BCUT2D eigenvalue weighted by Crippen LogP contribution is -2.34. The van der Waals surface area contributed by atoms with Gasteiger partial charge in [-0.05, 0) is 99.2 Å². The van der Waals surface area contributed by atoms with E-state index >= 15 is 0 Å². The van der Waals surface area contributed by atoms with Gasteiger partial charge in [0.05, 0.1) is 17.4 Å². The first-order valence-electron chi connectivity index (χ1n) is 15.0. The van der Waals surface area contributed by atoms with Crippen molar-refractivity contribution in [3.05, 3.63) is 84.9 Å². The van der Waals surface area contributed by atoms with E-state index in [1.165, 1.54) is 6.07 Å². The summed E-state index contributed by atoms with van der Waals surface area (Å²) in [5.74, 6) is 0.967. The molecule has 7 rings (SSSR count). The van der Waals surface area contributed by atoms with Crippen molar-refractivity contribution in [1.82, 2.24) is 30.4 Å². The highest BCUT2D eigenvalue weighted by molar-refractivity contribution is 6.02. The van der Waals surface area contributed by atoms with E-state index in [1.54, 1.807) is 12.3 Å². The first-order valence-corrected chi connectivity index (χ1v) is 15.0. The largest absolute Gasteiger partial charge is 0.492 e. The van der Waals surface area contributed by atoms with Crippen molar-refractivity contribution in [3.63, 3.8) is 0 Å². The number of piperidine rings is 1. The lowest BCUT2D eigenvalue weighted by Gasteiger charge is -2.23. The van der Waals surface area contributed by atoms with Gasteiger partial charge in [0, 0.05) is 40.7 Å². The number of nitrogens with zero attached hydrogens (tertiary/aromatic N) is 3. The fourth-order valence-corrected chi connectivity index (χ4v) is 5.83. The van der Waals surface area contributed by atoms with Crippen LogP contribution in [0.25, 0.3) is 55.4 Å². The molecule has 9 heteroatoms. The van der Waals surface area contributed by atoms with Crippen LogP contribution in [0.15, 0.2) is 79.1 Å². The van der Waals surface area contributed by atoms with Gasteiger partial charge in [0.25, 0.3) is 0 Å². The highest BCUT2D eigenvalue weighted by Crippen LogP contribution is 2.37. The molecule has 0 radical (unpaired) electrons. The van der Waals surface area contributed by atoms with Crippen LogP contribution in [-0.2, 0) is 0 Å². The maximum Gasteiger partial charge on any atom is 0.138 e. The lowest BCUT2D eigenvalue weighted by atomic mass is 10.0. The Labute approximate surface area is 255 Å². The number of aromatic nitrogens is 4. The van der Waals surface area contributed by atoms with E-state index < -0.39 is 0 Å². The summed E-state index contributed by atoms with van der Waals surface area (Å²) in [5.41, 5.74) is 7.24. The Balaban J connectivity index is 1.21. The second-order valence-electron chi connectivity index (χ2n) is 11.6. The van der Waals surface area contributed by atoms with Crippen molar-refractivity contribution in [1.29, 1.82) is 0 Å². The molecule has 3 aromatic heterocycles. The third-order valence-electron chi connectivity index (χ3n) is 8.11. The molecule has 44 heavy (non-hydrogen) atoms. The number of aromatic amines is 2. The van der Waals surface area contributed by atoms with Crippen LogP contribution in [-0.4, -0.2) is 71.5 Å². The summed E-state index contributed by atoms with van der Waals surface area (Å²) >= 11 is 0. The van der Waals surface area contributed by atoms with E-state index in [0.717, 1.165) is 93.7 Å². The second-order valence-corrected chi connectivity index (χ2v) is 11.6. The first-order chi connectivity index (χ1) is 21.5. The Morgan fingerprint density at radius 3 is 2.59 bits per heavy atom. The van der Waals surface area contributed by atoms with Crippen LogP contribution >= 0.6 is 0 Å². The third kappa shape index (κ3) is 5.89. The minimum atomic E-state index is -0.333. The Morgan fingerprint density at radius 1 is 0.864 bits per heavy atom. The van der Waals surface area contributed by atoms with Crippen molar-refractivity contribution >= 4 is 21.8 Å². The summed E-state index contributed by atoms with van der Waals surface area (Å²) in [6.07, 6.45) is 5.84. The highest BCUT2D eigenvalue weighted by Gasteiger charge is 2.17. The molecular formula is C35H35FN6O2. The van der Waals surface area contributed by atoms with Crippen LogP contribution < -0.4 is 14.8 Å². The molecule has 6 aromatic rings. The van der Waals surface area contributed by atoms with Crippen molar-refractivity contribution in [2.75, 3.05) is 40.3 Å². The van der Waals surface area contributed by atoms with Crippen LogP contribution in [0, 0.1) is 5.82 Å². The van der Waals surface area contributed by atoms with Crippen molar-refractivity contribution in [2.24, 2.45) is 0 Å². The van der Waals surface area contributed by atoms with Crippen LogP contribution in [0.4, 0.5) is 4.39 Å². The number of hydrogen-bond acceptors (Lipinski definition) is 6. The number of rotatable bonds is 9. The summed E-state index contributed by atoms with van der Waals surface area (Å²) in [6, 6.07) is 21.3. The van der Waals surface area contributed by atoms with Gasteiger partial charge in [0.1, 0.15) is 35.7 Å². The third-order valence-corrected chi connectivity index (χ3v) is 8.11.